The van der Waals surface area contributed by atoms with Gasteiger partial charge in [-0.25, -0.2) is 0 Å². The van der Waals surface area contributed by atoms with Crippen LogP contribution in [0.15, 0.2) is 22.8 Å². The van der Waals surface area contributed by atoms with Gasteiger partial charge in [0.2, 0.25) is 0 Å². The molecule has 1 N–H and O–H groups in total. The van der Waals surface area contributed by atoms with Crippen molar-refractivity contribution in [3.63, 3.8) is 0 Å². The highest BCUT2D eigenvalue weighted by Gasteiger charge is 2.17. The van der Waals surface area contributed by atoms with Crippen molar-refractivity contribution < 1.29 is 9.52 Å². The second-order valence-electron chi connectivity index (χ2n) is 3.23. The summed E-state index contributed by atoms with van der Waals surface area (Å²) in [6.45, 7) is 4.15. The smallest absolute Gasteiger partial charge is 0.132 e. The number of aliphatic hydroxyl groups excluding tert-OH is 1. The third-order valence-corrected chi connectivity index (χ3v) is 2.12. The molecule has 0 amide bonds. The molecule has 0 aromatic carbocycles. The van der Waals surface area contributed by atoms with Crippen LogP contribution in [0.5, 0.6) is 0 Å². The van der Waals surface area contributed by atoms with Crippen molar-refractivity contribution in [3.05, 3.63) is 24.2 Å². The van der Waals surface area contributed by atoms with E-state index < -0.39 is 6.10 Å². The molecule has 2 atom stereocenters. The molecule has 0 aliphatic heterocycles. The summed E-state index contributed by atoms with van der Waals surface area (Å²) < 4.78 is 5.11. The third kappa shape index (κ3) is 2.11. The zero-order chi connectivity index (χ0) is 8.97. The lowest BCUT2D eigenvalue weighted by atomic mass is 9.98. The van der Waals surface area contributed by atoms with E-state index in [2.05, 4.69) is 6.92 Å². The molecule has 0 bridgehead atoms. The Morgan fingerprint density at radius 1 is 1.58 bits per heavy atom. The fraction of sp³-hybridized carbons (Fsp3) is 0.600. The maximum absolute atomic E-state index is 9.72. The SMILES string of the molecule is CCCC(C)C(O)c1ccco1. The first kappa shape index (κ1) is 9.33. The van der Waals surface area contributed by atoms with E-state index in [9.17, 15) is 5.11 Å². The van der Waals surface area contributed by atoms with E-state index in [0.29, 0.717) is 5.76 Å². The lowest BCUT2D eigenvalue weighted by molar-refractivity contribution is 0.0895. The minimum atomic E-state index is -0.444. The predicted molar refractivity (Wildman–Crippen MR) is 47.7 cm³/mol. The number of hydrogen-bond acceptors (Lipinski definition) is 2. The van der Waals surface area contributed by atoms with Crippen LogP contribution in [0.1, 0.15) is 38.6 Å². The Morgan fingerprint density at radius 3 is 2.83 bits per heavy atom. The molecular weight excluding hydrogens is 152 g/mol. The number of rotatable bonds is 4. The Kier molecular flexibility index (Phi) is 3.35. The van der Waals surface area contributed by atoms with E-state index in [1.807, 2.05) is 13.0 Å². The van der Waals surface area contributed by atoms with Gasteiger partial charge in [-0.2, -0.15) is 0 Å². The van der Waals surface area contributed by atoms with E-state index in [1.165, 1.54) is 0 Å². The Morgan fingerprint density at radius 2 is 2.33 bits per heavy atom. The quantitative estimate of drug-likeness (QED) is 0.749. The lowest BCUT2D eigenvalue weighted by Crippen LogP contribution is -2.07. The summed E-state index contributed by atoms with van der Waals surface area (Å²) in [5, 5.41) is 9.72. The zero-order valence-electron chi connectivity index (χ0n) is 7.66. The monoisotopic (exact) mass is 168 g/mol. The molecule has 68 valence electrons. The molecule has 0 aliphatic rings. The highest BCUT2D eigenvalue weighted by molar-refractivity contribution is 5.02. The normalized spacial score (nSPS) is 15.9. The Hall–Kier alpha value is -0.760. The second-order valence-corrected chi connectivity index (χ2v) is 3.23. The average Bonchev–Trinajstić information content (AvgIpc) is 2.55. The Bertz CT molecular complexity index is 204. The molecule has 1 aromatic rings. The van der Waals surface area contributed by atoms with Crippen molar-refractivity contribution in [2.45, 2.75) is 32.8 Å². The predicted octanol–water partition coefficient (Wildman–Crippen LogP) is 2.75. The van der Waals surface area contributed by atoms with Gasteiger partial charge < -0.3 is 9.52 Å². The van der Waals surface area contributed by atoms with Crippen LogP contribution in [0.25, 0.3) is 0 Å². The molecule has 0 saturated heterocycles. The third-order valence-electron chi connectivity index (χ3n) is 2.12. The Labute approximate surface area is 73.2 Å². The standard InChI is InChI=1S/C10H16O2/c1-3-5-8(2)10(11)9-6-4-7-12-9/h4,6-8,10-11H,3,5H2,1-2H3. The first-order chi connectivity index (χ1) is 5.75. The summed E-state index contributed by atoms with van der Waals surface area (Å²) in [5.74, 6) is 0.956. The van der Waals surface area contributed by atoms with E-state index in [-0.39, 0.29) is 5.92 Å². The van der Waals surface area contributed by atoms with Gasteiger partial charge in [0.1, 0.15) is 11.9 Å². The van der Waals surface area contributed by atoms with Crippen molar-refractivity contribution >= 4 is 0 Å². The first-order valence-corrected chi connectivity index (χ1v) is 4.47. The molecule has 1 rings (SSSR count). The van der Waals surface area contributed by atoms with Crippen LogP contribution in [0.3, 0.4) is 0 Å². The van der Waals surface area contributed by atoms with Crippen molar-refractivity contribution in [1.82, 2.24) is 0 Å². The molecule has 2 unspecified atom stereocenters. The van der Waals surface area contributed by atoms with Crippen molar-refractivity contribution in [1.29, 1.82) is 0 Å². The zero-order valence-corrected chi connectivity index (χ0v) is 7.66. The fourth-order valence-corrected chi connectivity index (χ4v) is 1.35. The van der Waals surface area contributed by atoms with E-state index in [0.717, 1.165) is 12.8 Å². The molecule has 0 aliphatic carbocycles. The van der Waals surface area contributed by atoms with Gasteiger partial charge in [0.05, 0.1) is 6.26 Å². The molecule has 0 radical (unpaired) electrons. The second kappa shape index (κ2) is 4.31. The van der Waals surface area contributed by atoms with Gasteiger partial charge in [-0.1, -0.05) is 20.3 Å². The summed E-state index contributed by atoms with van der Waals surface area (Å²) >= 11 is 0. The van der Waals surface area contributed by atoms with Crippen molar-refractivity contribution in [2.75, 3.05) is 0 Å². The van der Waals surface area contributed by atoms with Crippen LogP contribution in [0, 0.1) is 5.92 Å². The molecule has 1 heterocycles. The molecule has 0 spiro atoms. The van der Waals surface area contributed by atoms with Gasteiger partial charge in [-0.15, -0.1) is 0 Å². The van der Waals surface area contributed by atoms with Gasteiger partial charge in [0, 0.05) is 0 Å². The lowest BCUT2D eigenvalue weighted by Gasteiger charge is -2.15. The van der Waals surface area contributed by atoms with Crippen LogP contribution >= 0.6 is 0 Å². The highest BCUT2D eigenvalue weighted by atomic mass is 16.4. The topological polar surface area (TPSA) is 33.4 Å². The van der Waals surface area contributed by atoms with Gasteiger partial charge in [0.25, 0.3) is 0 Å². The largest absolute Gasteiger partial charge is 0.467 e. The molecule has 0 saturated carbocycles. The maximum Gasteiger partial charge on any atom is 0.132 e. The minimum absolute atomic E-state index is 0.279. The molecule has 2 heteroatoms. The molecule has 1 aromatic heterocycles. The maximum atomic E-state index is 9.72. The Balaban J connectivity index is 2.53. The number of hydrogen-bond donors (Lipinski definition) is 1. The minimum Gasteiger partial charge on any atom is -0.467 e. The van der Waals surface area contributed by atoms with Gasteiger partial charge >= 0.3 is 0 Å². The number of furan rings is 1. The van der Waals surface area contributed by atoms with Crippen LogP contribution in [0.2, 0.25) is 0 Å². The summed E-state index contributed by atoms with van der Waals surface area (Å²) in [5.41, 5.74) is 0. The van der Waals surface area contributed by atoms with Gasteiger partial charge in [0.15, 0.2) is 0 Å². The first-order valence-electron chi connectivity index (χ1n) is 4.47. The average molecular weight is 168 g/mol. The van der Waals surface area contributed by atoms with E-state index in [1.54, 1.807) is 12.3 Å². The van der Waals surface area contributed by atoms with Crippen molar-refractivity contribution in [3.8, 4) is 0 Å². The van der Waals surface area contributed by atoms with Crippen LogP contribution in [0.4, 0.5) is 0 Å². The molecular formula is C10H16O2. The fourth-order valence-electron chi connectivity index (χ4n) is 1.35. The molecule has 12 heavy (non-hydrogen) atoms. The summed E-state index contributed by atoms with van der Waals surface area (Å²) in [6.07, 6.45) is 3.28. The van der Waals surface area contributed by atoms with Crippen LogP contribution < -0.4 is 0 Å². The van der Waals surface area contributed by atoms with Gasteiger partial charge in [-0.3, -0.25) is 0 Å². The van der Waals surface area contributed by atoms with Gasteiger partial charge in [-0.05, 0) is 24.5 Å². The highest BCUT2D eigenvalue weighted by Crippen LogP contribution is 2.25. The summed E-state index contributed by atoms with van der Waals surface area (Å²) in [6, 6.07) is 3.62. The molecule has 2 nitrogen and oxygen atoms in total. The molecule has 0 fully saturated rings. The van der Waals surface area contributed by atoms with Crippen LogP contribution in [-0.4, -0.2) is 5.11 Å². The summed E-state index contributed by atoms with van der Waals surface area (Å²) in [4.78, 5) is 0. The number of aliphatic hydroxyl groups is 1. The van der Waals surface area contributed by atoms with Crippen molar-refractivity contribution in [2.24, 2.45) is 5.92 Å². The van der Waals surface area contributed by atoms with E-state index in [4.69, 9.17) is 4.42 Å². The van der Waals surface area contributed by atoms with E-state index >= 15 is 0 Å². The summed E-state index contributed by atoms with van der Waals surface area (Å²) in [7, 11) is 0. The van der Waals surface area contributed by atoms with Crippen LogP contribution in [-0.2, 0) is 0 Å².